The van der Waals surface area contributed by atoms with Crippen molar-refractivity contribution in [2.45, 2.75) is 10.9 Å². The lowest BCUT2D eigenvalue weighted by atomic mass is 10.3. The van der Waals surface area contributed by atoms with Gasteiger partial charge in [0.15, 0.2) is 4.90 Å². The van der Waals surface area contributed by atoms with E-state index in [0.717, 1.165) is 16.4 Å². The fourth-order valence-corrected chi connectivity index (χ4v) is 3.85. The third-order valence-corrected chi connectivity index (χ3v) is 5.15. The summed E-state index contributed by atoms with van der Waals surface area (Å²) in [6.07, 6.45) is 0. The van der Waals surface area contributed by atoms with E-state index in [-0.39, 0.29) is 25.4 Å². The minimum absolute atomic E-state index is 0.0229. The number of nitrogens with two attached hydrogens (primary N) is 1. The predicted octanol–water partition coefficient (Wildman–Crippen LogP) is -0.441. The van der Waals surface area contributed by atoms with Gasteiger partial charge in [-0.2, -0.15) is 4.31 Å². The summed E-state index contributed by atoms with van der Waals surface area (Å²) in [5.41, 5.74) is 4.98. The van der Waals surface area contributed by atoms with Gasteiger partial charge in [-0.25, -0.2) is 8.42 Å². The largest absolute Gasteiger partial charge is 0.399 e. The van der Waals surface area contributed by atoms with Crippen LogP contribution in [0.5, 0.6) is 0 Å². The van der Waals surface area contributed by atoms with Crippen molar-refractivity contribution < 1.29 is 23.2 Å². The molecule has 0 aromatic heterocycles. The molecule has 0 spiro atoms. The van der Waals surface area contributed by atoms with Crippen molar-refractivity contribution in [1.82, 2.24) is 4.31 Å². The maximum atomic E-state index is 12.6. The van der Waals surface area contributed by atoms with Gasteiger partial charge in [-0.1, -0.05) is 0 Å². The molecule has 1 atom stereocenters. The molecule has 0 amide bonds. The van der Waals surface area contributed by atoms with Crippen LogP contribution in [0.15, 0.2) is 23.1 Å². The Balaban J connectivity index is 2.51. The van der Waals surface area contributed by atoms with Crippen molar-refractivity contribution in [3.05, 3.63) is 28.3 Å². The van der Waals surface area contributed by atoms with Crippen molar-refractivity contribution in [3.63, 3.8) is 0 Å². The van der Waals surface area contributed by atoms with E-state index >= 15 is 0 Å². The number of nitrogen functional groups attached to an aromatic ring is 1. The summed E-state index contributed by atoms with van der Waals surface area (Å²) in [6, 6.07) is 2.63. The Kier molecular flexibility index (Phi) is 4.42. The number of hydrogen-bond acceptors (Lipinski definition) is 7. The van der Waals surface area contributed by atoms with E-state index in [9.17, 15) is 23.6 Å². The predicted molar refractivity (Wildman–Crippen MR) is 73.1 cm³/mol. The first kappa shape index (κ1) is 15.6. The standard InChI is InChI=1S/C11H15N3O6S/c12-8-1-2-11(10(5-8)14(16)17)21(18,19)13-3-4-20-7-9(13)6-15/h1-2,5,9,15H,3-4,6-7,12H2. The third-order valence-electron chi connectivity index (χ3n) is 3.15. The van der Waals surface area contributed by atoms with E-state index in [2.05, 4.69) is 0 Å². The van der Waals surface area contributed by atoms with Crippen LogP contribution in [0, 0.1) is 10.1 Å². The summed E-state index contributed by atoms with van der Waals surface area (Å²) in [7, 11) is -4.12. The van der Waals surface area contributed by atoms with Crippen molar-refractivity contribution in [2.75, 3.05) is 32.1 Å². The molecule has 0 saturated carbocycles. The molecule has 1 fully saturated rings. The fraction of sp³-hybridized carbons (Fsp3) is 0.455. The van der Waals surface area contributed by atoms with Gasteiger partial charge in [-0.05, 0) is 12.1 Å². The van der Waals surface area contributed by atoms with E-state index in [0.29, 0.717) is 0 Å². The zero-order valence-electron chi connectivity index (χ0n) is 11.0. The summed E-state index contributed by atoms with van der Waals surface area (Å²) < 4.78 is 31.3. The first-order chi connectivity index (χ1) is 9.87. The van der Waals surface area contributed by atoms with Crippen molar-refractivity contribution in [3.8, 4) is 0 Å². The average Bonchev–Trinajstić information content (AvgIpc) is 2.46. The highest BCUT2D eigenvalue weighted by Crippen LogP contribution is 2.30. The summed E-state index contributed by atoms with van der Waals surface area (Å²) in [5, 5.41) is 20.3. The molecule has 1 heterocycles. The molecular formula is C11H15N3O6S. The Labute approximate surface area is 121 Å². The van der Waals surface area contributed by atoms with Crippen molar-refractivity contribution >= 4 is 21.4 Å². The molecule has 3 N–H and O–H groups in total. The first-order valence-electron chi connectivity index (χ1n) is 6.12. The number of sulfonamides is 1. The summed E-state index contributed by atoms with van der Waals surface area (Å²) in [6.45, 7) is -0.200. The zero-order chi connectivity index (χ0) is 15.6. The van der Waals surface area contributed by atoms with Crippen LogP contribution in [0.3, 0.4) is 0 Å². The highest BCUT2D eigenvalue weighted by molar-refractivity contribution is 7.89. The van der Waals surface area contributed by atoms with Crippen LogP contribution in [0.1, 0.15) is 0 Å². The lowest BCUT2D eigenvalue weighted by Crippen LogP contribution is -2.50. The Morgan fingerprint density at radius 1 is 1.52 bits per heavy atom. The number of aliphatic hydroxyl groups excluding tert-OH is 1. The molecule has 1 aromatic carbocycles. The van der Waals surface area contributed by atoms with Gasteiger partial charge in [0, 0.05) is 18.3 Å². The fourth-order valence-electron chi connectivity index (χ4n) is 2.12. The smallest absolute Gasteiger partial charge is 0.291 e. The van der Waals surface area contributed by atoms with Gasteiger partial charge in [0.2, 0.25) is 10.0 Å². The second-order valence-corrected chi connectivity index (χ2v) is 6.37. The lowest BCUT2D eigenvalue weighted by molar-refractivity contribution is -0.387. The SMILES string of the molecule is Nc1ccc(S(=O)(=O)N2CCOCC2CO)c([N+](=O)[O-])c1. The molecule has 0 aliphatic carbocycles. The topological polar surface area (TPSA) is 136 Å². The van der Waals surface area contributed by atoms with E-state index in [1.54, 1.807) is 0 Å². The maximum Gasteiger partial charge on any atom is 0.291 e. The molecule has 0 radical (unpaired) electrons. The van der Waals surface area contributed by atoms with Crippen LogP contribution in [0.2, 0.25) is 0 Å². The van der Waals surface area contributed by atoms with Gasteiger partial charge in [0.05, 0.1) is 30.8 Å². The number of nitrogens with zero attached hydrogens (tertiary/aromatic N) is 2. The Morgan fingerprint density at radius 3 is 2.86 bits per heavy atom. The lowest BCUT2D eigenvalue weighted by Gasteiger charge is -2.33. The minimum Gasteiger partial charge on any atom is -0.399 e. The molecular weight excluding hydrogens is 302 g/mol. The zero-order valence-corrected chi connectivity index (χ0v) is 11.8. The van der Waals surface area contributed by atoms with Crippen LogP contribution in [-0.2, 0) is 14.8 Å². The minimum atomic E-state index is -4.12. The van der Waals surface area contributed by atoms with E-state index in [4.69, 9.17) is 10.5 Å². The molecule has 10 heteroatoms. The van der Waals surface area contributed by atoms with Gasteiger partial charge in [0.1, 0.15) is 0 Å². The molecule has 1 aliphatic rings. The van der Waals surface area contributed by atoms with Crippen LogP contribution < -0.4 is 5.73 Å². The van der Waals surface area contributed by atoms with Crippen LogP contribution in [-0.4, -0.2) is 55.2 Å². The number of morpholine rings is 1. The van der Waals surface area contributed by atoms with E-state index < -0.39 is 38.2 Å². The second kappa shape index (κ2) is 5.93. The first-order valence-corrected chi connectivity index (χ1v) is 7.56. The van der Waals surface area contributed by atoms with Gasteiger partial charge >= 0.3 is 0 Å². The summed E-state index contributed by atoms with van der Waals surface area (Å²) in [4.78, 5) is 9.81. The Bertz CT molecular complexity index is 647. The van der Waals surface area contributed by atoms with Crippen LogP contribution in [0.25, 0.3) is 0 Å². The molecule has 1 aromatic rings. The highest BCUT2D eigenvalue weighted by atomic mass is 32.2. The summed E-state index contributed by atoms with van der Waals surface area (Å²) >= 11 is 0. The highest BCUT2D eigenvalue weighted by Gasteiger charge is 2.37. The number of aliphatic hydroxyl groups is 1. The van der Waals surface area contributed by atoms with Gasteiger partial charge in [-0.3, -0.25) is 10.1 Å². The molecule has 2 rings (SSSR count). The number of nitro benzene ring substituents is 1. The Hall–Kier alpha value is -1.75. The quantitative estimate of drug-likeness (QED) is 0.436. The van der Waals surface area contributed by atoms with Gasteiger partial charge in [0.25, 0.3) is 5.69 Å². The van der Waals surface area contributed by atoms with Gasteiger partial charge < -0.3 is 15.6 Å². The number of benzene rings is 1. The monoisotopic (exact) mass is 317 g/mol. The number of ether oxygens (including phenoxy) is 1. The molecule has 0 bridgehead atoms. The van der Waals surface area contributed by atoms with E-state index in [1.165, 1.54) is 6.07 Å². The van der Waals surface area contributed by atoms with Crippen molar-refractivity contribution in [1.29, 1.82) is 0 Å². The number of nitro groups is 1. The van der Waals surface area contributed by atoms with Crippen LogP contribution >= 0.6 is 0 Å². The third kappa shape index (κ3) is 2.97. The van der Waals surface area contributed by atoms with Crippen LogP contribution in [0.4, 0.5) is 11.4 Å². The number of hydrogen-bond donors (Lipinski definition) is 2. The molecule has 116 valence electrons. The van der Waals surface area contributed by atoms with E-state index in [1.807, 2.05) is 0 Å². The maximum absolute atomic E-state index is 12.6. The van der Waals surface area contributed by atoms with Crippen molar-refractivity contribution in [2.24, 2.45) is 0 Å². The molecule has 21 heavy (non-hydrogen) atoms. The molecule has 1 unspecified atom stereocenters. The molecule has 1 saturated heterocycles. The summed E-state index contributed by atoms with van der Waals surface area (Å²) in [5.74, 6) is 0. The average molecular weight is 317 g/mol. The second-order valence-electron chi connectivity index (χ2n) is 4.51. The number of anilines is 1. The normalized spacial score (nSPS) is 20.3. The number of rotatable bonds is 4. The Morgan fingerprint density at radius 2 is 2.24 bits per heavy atom. The molecule has 9 nitrogen and oxygen atoms in total. The molecule has 1 aliphatic heterocycles. The van der Waals surface area contributed by atoms with Gasteiger partial charge in [-0.15, -0.1) is 0 Å².